The second-order valence-electron chi connectivity index (χ2n) is 6.39. The monoisotopic (exact) mass is 460 g/mol. The Bertz CT molecular complexity index is 1110. The number of nitrogens with zero attached hydrogens (tertiary/aromatic N) is 6. The van der Waals surface area contributed by atoms with E-state index in [9.17, 15) is 10.4 Å². The molecule has 0 unspecified atom stereocenters. The molecule has 158 valence electrons. The molecule has 2 aromatic heterocycles. The van der Waals surface area contributed by atoms with Crippen LogP contribution in [0, 0.1) is 10.4 Å². The third kappa shape index (κ3) is 6.37. The quantitative estimate of drug-likeness (QED) is 0.134. The van der Waals surface area contributed by atoms with Gasteiger partial charge < -0.3 is 10.4 Å². The lowest BCUT2D eigenvalue weighted by Gasteiger charge is -2.02. The van der Waals surface area contributed by atoms with Gasteiger partial charge in [-0.25, -0.2) is 0 Å². The zero-order valence-corrected chi connectivity index (χ0v) is 18.2. The second kappa shape index (κ2) is 10.5. The first-order chi connectivity index (χ1) is 15.6. The Morgan fingerprint density at radius 2 is 0.719 bits per heavy atom. The van der Waals surface area contributed by atoms with Gasteiger partial charge in [0, 0.05) is 34.1 Å². The molecule has 0 fully saturated rings. The first-order valence-corrected chi connectivity index (χ1v) is 11.5. The van der Waals surface area contributed by atoms with Crippen molar-refractivity contribution >= 4 is 44.3 Å². The molecule has 0 atom stereocenters. The van der Waals surface area contributed by atoms with Crippen molar-refractivity contribution in [2.24, 2.45) is 20.5 Å². The van der Waals surface area contributed by atoms with Crippen LogP contribution in [0.4, 0.5) is 22.7 Å². The summed E-state index contributed by atoms with van der Waals surface area (Å²) in [5, 5.41) is 38.7. The van der Waals surface area contributed by atoms with Gasteiger partial charge in [-0.1, -0.05) is 21.6 Å². The van der Waals surface area contributed by atoms with Crippen molar-refractivity contribution in [3.63, 3.8) is 0 Å². The van der Waals surface area contributed by atoms with Gasteiger partial charge in [0.1, 0.15) is 0 Å². The molecular formula is C22H16N6O2S2. The van der Waals surface area contributed by atoms with Gasteiger partial charge in [0.05, 0.1) is 22.7 Å². The smallest absolute Gasteiger partial charge is 0.182 e. The molecule has 0 bridgehead atoms. The van der Waals surface area contributed by atoms with Crippen molar-refractivity contribution in [1.29, 1.82) is 0 Å². The van der Waals surface area contributed by atoms with Crippen LogP contribution in [0.5, 0.6) is 0 Å². The van der Waals surface area contributed by atoms with E-state index in [1.165, 1.54) is 24.8 Å². The standard InChI is InChI=1S/C22H16N6O2S2/c29-27-13-9-19(10-14-27)25-23-17-1-5-21(6-2-17)31-32-22-7-3-18(4-8-22)24-26-20-11-15-28(30)16-12-20/h1-16H. The van der Waals surface area contributed by atoms with Crippen molar-refractivity contribution in [2.75, 3.05) is 0 Å². The van der Waals surface area contributed by atoms with Gasteiger partial charge in [-0.15, -0.1) is 0 Å². The van der Waals surface area contributed by atoms with E-state index in [2.05, 4.69) is 20.5 Å². The summed E-state index contributed by atoms with van der Waals surface area (Å²) in [7, 11) is 3.27. The van der Waals surface area contributed by atoms with E-state index in [4.69, 9.17) is 0 Å². The summed E-state index contributed by atoms with van der Waals surface area (Å²) >= 11 is 0. The number of benzene rings is 2. The summed E-state index contributed by atoms with van der Waals surface area (Å²) in [5.41, 5.74) is 2.70. The predicted molar refractivity (Wildman–Crippen MR) is 124 cm³/mol. The van der Waals surface area contributed by atoms with E-state index < -0.39 is 0 Å². The molecule has 4 aromatic rings. The van der Waals surface area contributed by atoms with Crippen molar-refractivity contribution in [3.05, 3.63) is 108 Å². The minimum atomic E-state index is 0.619. The van der Waals surface area contributed by atoms with Crippen LogP contribution in [-0.4, -0.2) is 0 Å². The van der Waals surface area contributed by atoms with E-state index in [1.54, 1.807) is 45.9 Å². The lowest BCUT2D eigenvalue weighted by Crippen LogP contribution is -2.22. The van der Waals surface area contributed by atoms with Gasteiger partial charge in [0.2, 0.25) is 0 Å². The van der Waals surface area contributed by atoms with Crippen LogP contribution in [0.15, 0.2) is 128 Å². The minimum absolute atomic E-state index is 0.619. The Labute approximate surface area is 191 Å². The van der Waals surface area contributed by atoms with Gasteiger partial charge in [-0.2, -0.15) is 29.9 Å². The van der Waals surface area contributed by atoms with Crippen molar-refractivity contribution in [2.45, 2.75) is 9.79 Å². The molecule has 0 saturated carbocycles. The maximum Gasteiger partial charge on any atom is 0.182 e. The number of pyridine rings is 2. The molecule has 0 aliphatic carbocycles. The lowest BCUT2D eigenvalue weighted by molar-refractivity contribution is -0.605. The molecule has 0 aliphatic rings. The molecule has 2 aromatic carbocycles. The van der Waals surface area contributed by atoms with Crippen molar-refractivity contribution < 1.29 is 9.46 Å². The normalized spacial score (nSPS) is 11.4. The molecule has 0 saturated heterocycles. The van der Waals surface area contributed by atoms with Gasteiger partial charge in [0.15, 0.2) is 24.8 Å². The van der Waals surface area contributed by atoms with E-state index >= 15 is 0 Å². The van der Waals surface area contributed by atoms with Gasteiger partial charge in [-0.3, -0.25) is 0 Å². The Balaban J connectivity index is 1.29. The zero-order chi connectivity index (χ0) is 22.2. The number of hydrogen-bond donors (Lipinski definition) is 0. The third-order valence-electron chi connectivity index (χ3n) is 4.04. The minimum Gasteiger partial charge on any atom is -0.619 e. The van der Waals surface area contributed by atoms with Crippen LogP contribution in [-0.2, 0) is 0 Å². The maximum atomic E-state index is 11.0. The molecule has 4 rings (SSSR count). The SMILES string of the molecule is [O-][n+]1ccc(N=Nc2ccc(SSc3ccc(N=Nc4cc[n+]([O-])cc4)cc3)cc2)cc1. The molecule has 0 N–H and O–H groups in total. The fourth-order valence-corrected chi connectivity index (χ4v) is 4.34. The fourth-order valence-electron chi connectivity index (χ4n) is 2.41. The van der Waals surface area contributed by atoms with Gasteiger partial charge in [0.25, 0.3) is 0 Å². The molecule has 8 nitrogen and oxygen atoms in total. The van der Waals surface area contributed by atoms with Crippen LogP contribution >= 0.6 is 21.6 Å². The molecule has 0 aliphatic heterocycles. The van der Waals surface area contributed by atoms with Crippen LogP contribution in [0.1, 0.15) is 0 Å². The summed E-state index contributed by atoms with van der Waals surface area (Å²) in [4.78, 5) is 2.18. The van der Waals surface area contributed by atoms with Crippen molar-refractivity contribution in [3.8, 4) is 0 Å². The molecule has 0 radical (unpaired) electrons. The van der Waals surface area contributed by atoms with Crippen LogP contribution < -0.4 is 9.46 Å². The van der Waals surface area contributed by atoms with Crippen LogP contribution in [0.2, 0.25) is 0 Å². The first-order valence-electron chi connectivity index (χ1n) is 9.40. The average molecular weight is 461 g/mol. The summed E-state index contributed by atoms with van der Waals surface area (Å²) in [6, 6.07) is 21.9. The van der Waals surface area contributed by atoms with E-state index in [1.807, 2.05) is 48.5 Å². The van der Waals surface area contributed by atoms with Crippen LogP contribution in [0.25, 0.3) is 0 Å². The Hall–Kier alpha value is -3.76. The number of rotatable bonds is 7. The highest BCUT2D eigenvalue weighted by molar-refractivity contribution is 8.76. The maximum absolute atomic E-state index is 11.0. The number of azo groups is 2. The Kier molecular flexibility index (Phi) is 7.05. The van der Waals surface area contributed by atoms with E-state index in [-0.39, 0.29) is 0 Å². The third-order valence-corrected chi connectivity index (χ3v) is 6.46. The van der Waals surface area contributed by atoms with Crippen LogP contribution in [0.3, 0.4) is 0 Å². The highest BCUT2D eigenvalue weighted by Crippen LogP contribution is 2.38. The molecule has 0 spiro atoms. The fraction of sp³-hybridized carbons (Fsp3) is 0. The number of aromatic nitrogens is 2. The lowest BCUT2D eigenvalue weighted by atomic mass is 10.3. The molecule has 10 heteroatoms. The summed E-state index contributed by atoms with van der Waals surface area (Å²) in [6.07, 6.45) is 5.53. The van der Waals surface area contributed by atoms with E-state index in [0.29, 0.717) is 20.8 Å². The zero-order valence-electron chi connectivity index (χ0n) is 16.6. The molecule has 2 heterocycles. The Morgan fingerprint density at radius 3 is 1.03 bits per heavy atom. The Morgan fingerprint density at radius 1 is 0.438 bits per heavy atom. The second-order valence-corrected chi connectivity index (χ2v) is 8.66. The largest absolute Gasteiger partial charge is 0.619 e. The molecule has 0 amide bonds. The number of hydrogen-bond acceptors (Lipinski definition) is 8. The highest BCUT2D eigenvalue weighted by atomic mass is 33.1. The average Bonchev–Trinajstić information content (AvgIpc) is 2.83. The topological polar surface area (TPSA) is 103 Å². The summed E-state index contributed by atoms with van der Waals surface area (Å²) in [5.74, 6) is 0. The summed E-state index contributed by atoms with van der Waals surface area (Å²) < 4.78 is 1.41. The molecular weight excluding hydrogens is 444 g/mol. The van der Waals surface area contributed by atoms with Gasteiger partial charge in [-0.05, 0) is 48.5 Å². The molecule has 32 heavy (non-hydrogen) atoms. The summed E-state index contributed by atoms with van der Waals surface area (Å²) in [6.45, 7) is 0. The van der Waals surface area contributed by atoms with E-state index in [0.717, 1.165) is 21.2 Å². The van der Waals surface area contributed by atoms with Crippen molar-refractivity contribution in [1.82, 2.24) is 0 Å². The first kappa shape index (κ1) is 21.5. The van der Waals surface area contributed by atoms with Gasteiger partial charge >= 0.3 is 0 Å². The predicted octanol–water partition coefficient (Wildman–Crippen LogP) is 6.58. The highest BCUT2D eigenvalue weighted by Gasteiger charge is 2.00.